The van der Waals surface area contributed by atoms with E-state index in [2.05, 4.69) is 24.6 Å². The van der Waals surface area contributed by atoms with Crippen molar-refractivity contribution in [3.63, 3.8) is 0 Å². The number of hydrogen-bond acceptors (Lipinski definition) is 4. The fraction of sp³-hybridized carbons (Fsp3) is 0.158. The minimum absolute atomic E-state index is 0.283. The first-order chi connectivity index (χ1) is 11.6. The van der Waals surface area contributed by atoms with E-state index in [1.165, 1.54) is 4.90 Å². The fourth-order valence-corrected chi connectivity index (χ4v) is 3.99. The zero-order valence-corrected chi connectivity index (χ0v) is 14.0. The SMILES string of the molecule is C[NH+]1C/C(=C\c2ccsc2)c2nc3ccccc3c(C(=O)[O-])c2C1. The number of carbonyl (C=O) groups excluding carboxylic acids is 1. The number of hydrogen-bond donors (Lipinski definition) is 1. The lowest BCUT2D eigenvalue weighted by Crippen LogP contribution is -3.08. The highest BCUT2D eigenvalue weighted by molar-refractivity contribution is 7.08. The van der Waals surface area contributed by atoms with E-state index in [1.54, 1.807) is 17.4 Å². The predicted molar refractivity (Wildman–Crippen MR) is 93.7 cm³/mol. The summed E-state index contributed by atoms with van der Waals surface area (Å²) in [5, 5.41) is 16.6. The van der Waals surface area contributed by atoms with Crippen LogP contribution in [0.5, 0.6) is 0 Å². The van der Waals surface area contributed by atoms with Crippen molar-refractivity contribution in [3.05, 3.63) is 63.5 Å². The van der Waals surface area contributed by atoms with Gasteiger partial charge >= 0.3 is 0 Å². The minimum Gasteiger partial charge on any atom is -0.545 e. The van der Waals surface area contributed by atoms with E-state index in [0.29, 0.717) is 17.4 Å². The van der Waals surface area contributed by atoms with Crippen LogP contribution in [0.15, 0.2) is 41.1 Å². The molecule has 1 aliphatic rings. The van der Waals surface area contributed by atoms with Crippen LogP contribution in [-0.4, -0.2) is 24.5 Å². The molecule has 0 saturated heterocycles. The molecule has 0 bridgehead atoms. The first-order valence-electron chi connectivity index (χ1n) is 7.81. The quantitative estimate of drug-likeness (QED) is 0.766. The van der Waals surface area contributed by atoms with Crippen molar-refractivity contribution in [2.75, 3.05) is 13.6 Å². The van der Waals surface area contributed by atoms with Crippen molar-refractivity contribution in [2.45, 2.75) is 6.54 Å². The largest absolute Gasteiger partial charge is 0.545 e. The normalized spacial score (nSPS) is 18.7. The summed E-state index contributed by atoms with van der Waals surface area (Å²) in [5.41, 5.74) is 4.75. The molecule has 1 unspecified atom stereocenters. The molecule has 0 aliphatic carbocycles. The molecule has 4 nitrogen and oxygen atoms in total. The first kappa shape index (κ1) is 15.1. The monoisotopic (exact) mass is 336 g/mol. The van der Waals surface area contributed by atoms with Crippen LogP contribution < -0.4 is 10.0 Å². The lowest BCUT2D eigenvalue weighted by Gasteiger charge is -2.27. The molecule has 3 aromatic rings. The highest BCUT2D eigenvalue weighted by Crippen LogP contribution is 2.29. The van der Waals surface area contributed by atoms with Crippen molar-refractivity contribution in [2.24, 2.45) is 0 Å². The molecule has 120 valence electrons. The number of thiophene rings is 1. The van der Waals surface area contributed by atoms with Gasteiger partial charge in [-0.1, -0.05) is 18.2 Å². The Bertz CT molecular complexity index is 961. The minimum atomic E-state index is -1.13. The van der Waals surface area contributed by atoms with E-state index in [9.17, 15) is 9.90 Å². The molecule has 1 aliphatic heterocycles. The van der Waals surface area contributed by atoms with E-state index in [0.717, 1.165) is 28.9 Å². The standard InChI is InChI=1S/C19H16N2O2S/c1-21-9-13(8-12-6-7-24-11-12)18-15(10-21)17(19(22)23)14-4-2-3-5-16(14)20-18/h2-8,11H,9-10H2,1H3,(H,22,23)/b13-8+. The Morgan fingerprint density at radius 1 is 1.29 bits per heavy atom. The molecule has 1 aromatic carbocycles. The Balaban J connectivity index is 2.02. The Labute approximate surface area is 143 Å². The third-order valence-electron chi connectivity index (χ3n) is 4.36. The molecule has 0 amide bonds. The number of carboxylic acid groups (broad SMARTS) is 1. The summed E-state index contributed by atoms with van der Waals surface area (Å²) >= 11 is 1.64. The lowest BCUT2D eigenvalue weighted by molar-refractivity contribution is -0.887. The van der Waals surface area contributed by atoms with Gasteiger partial charge in [0, 0.05) is 22.1 Å². The molecule has 24 heavy (non-hydrogen) atoms. The summed E-state index contributed by atoms with van der Waals surface area (Å²) in [6.45, 7) is 1.46. The zero-order chi connectivity index (χ0) is 16.7. The summed E-state index contributed by atoms with van der Waals surface area (Å²) in [6, 6.07) is 9.44. The first-order valence-corrected chi connectivity index (χ1v) is 8.75. The number of nitrogens with one attached hydrogen (secondary N) is 1. The smallest absolute Gasteiger partial charge is 0.106 e. The van der Waals surface area contributed by atoms with Crippen molar-refractivity contribution < 1.29 is 14.8 Å². The molecular formula is C19H16N2O2S. The maximum atomic E-state index is 11.9. The number of carbonyl (C=O) groups is 1. The van der Waals surface area contributed by atoms with Gasteiger partial charge in [0.15, 0.2) is 0 Å². The Kier molecular flexibility index (Phi) is 3.67. The second-order valence-electron chi connectivity index (χ2n) is 6.16. The molecule has 1 atom stereocenters. The second kappa shape index (κ2) is 5.85. The van der Waals surface area contributed by atoms with Crippen LogP contribution in [0.2, 0.25) is 0 Å². The van der Waals surface area contributed by atoms with E-state index in [4.69, 9.17) is 4.98 Å². The number of aromatic carboxylic acids is 1. The number of quaternary nitrogens is 1. The van der Waals surface area contributed by atoms with Crippen molar-refractivity contribution in [1.82, 2.24) is 4.98 Å². The van der Waals surface area contributed by atoms with Crippen molar-refractivity contribution in [1.29, 1.82) is 0 Å². The van der Waals surface area contributed by atoms with Crippen LogP contribution in [-0.2, 0) is 6.54 Å². The van der Waals surface area contributed by atoms with Crippen LogP contribution in [0.3, 0.4) is 0 Å². The molecule has 1 N–H and O–H groups in total. The van der Waals surface area contributed by atoms with E-state index in [-0.39, 0.29) is 5.56 Å². The number of aromatic nitrogens is 1. The topological polar surface area (TPSA) is 57.5 Å². The number of benzene rings is 1. The maximum Gasteiger partial charge on any atom is 0.106 e. The van der Waals surface area contributed by atoms with Gasteiger partial charge in [-0.25, -0.2) is 4.98 Å². The fourth-order valence-electron chi connectivity index (χ4n) is 3.37. The van der Waals surface area contributed by atoms with Gasteiger partial charge in [0.2, 0.25) is 0 Å². The third-order valence-corrected chi connectivity index (χ3v) is 5.06. The molecular weight excluding hydrogens is 320 g/mol. The van der Waals surface area contributed by atoms with Gasteiger partial charge in [0.05, 0.1) is 24.2 Å². The molecule has 0 radical (unpaired) electrons. The molecule has 4 rings (SSSR count). The van der Waals surface area contributed by atoms with Gasteiger partial charge in [0.1, 0.15) is 13.1 Å². The average Bonchev–Trinajstić information content (AvgIpc) is 3.05. The number of rotatable bonds is 2. The zero-order valence-electron chi connectivity index (χ0n) is 13.2. The molecule has 5 heteroatoms. The van der Waals surface area contributed by atoms with E-state index >= 15 is 0 Å². The Morgan fingerprint density at radius 3 is 2.88 bits per heavy atom. The van der Waals surface area contributed by atoms with Crippen LogP contribution in [0, 0.1) is 0 Å². The van der Waals surface area contributed by atoms with Crippen LogP contribution in [0.25, 0.3) is 22.6 Å². The van der Waals surface area contributed by atoms with E-state index in [1.807, 2.05) is 23.6 Å². The predicted octanol–water partition coefficient (Wildman–Crippen LogP) is 1.23. The number of fused-ring (bicyclic) bond motifs is 2. The summed E-state index contributed by atoms with van der Waals surface area (Å²) < 4.78 is 0. The van der Waals surface area contributed by atoms with Crippen LogP contribution >= 0.6 is 11.3 Å². The molecule has 2 aromatic heterocycles. The van der Waals surface area contributed by atoms with Gasteiger partial charge in [-0.05, 0) is 34.5 Å². The van der Waals surface area contributed by atoms with Crippen molar-refractivity contribution >= 4 is 39.9 Å². The highest BCUT2D eigenvalue weighted by Gasteiger charge is 2.27. The number of carboxylic acids is 1. The third kappa shape index (κ3) is 2.52. The summed E-state index contributed by atoms with van der Waals surface area (Å²) in [5.74, 6) is -1.13. The Morgan fingerprint density at radius 2 is 2.12 bits per heavy atom. The van der Waals surface area contributed by atoms with Gasteiger partial charge in [-0.3, -0.25) is 0 Å². The van der Waals surface area contributed by atoms with Gasteiger partial charge < -0.3 is 14.8 Å². The summed E-state index contributed by atoms with van der Waals surface area (Å²) in [6.07, 6.45) is 2.11. The lowest BCUT2D eigenvalue weighted by atomic mass is 9.92. The van der Waals surface area contributed by atoms with E-state index < -0.39 is 5.97 Å². The van der Waals surface area contributed by atoms with Gasteiger partial charge in [0.25, 0.3) is 0 Å². The average molecular weight is 336 g/mol. The van der Waals surface area contributed by atoms with Crippen molar-refractivity contribution in [3.8, 4) is 0 Å². The van der Waals surface area contributed by atoms with Gasteiger partial charge in [-0.15, -0.1) is 0 Å². The molecule has 0 spiro atoms. The molecule has 0 fully saturated rings. The maximum absolute atomic E-state index is 11.9. The number of likely N-dealkylation sites (N-methyl/N-ethyl adjacent to an activating group) is 1. The van der Waals surface area contributed by atoms with Gasteiger partial charge in [-0.2, -0.15) is 11.3 Å². The summed E-state index contributed by atoms with van der Waals surface area (Å²) in [4.78, 5) is 17.9. The molecule has 3 heterocycles. The summed E-state index contributed by atoms with van der Waals surface area (Å²) in [7, 11) is 2.07. The van der Waals surface area contributed by atoms with Crippen LogP contribution in [0.4, 0.5) is 0 Å². The number of nitrogens with zero attached hydrogens (tertiary/aromatic N) is 1. The second-order valence-corrected chi connectivity index (χ2v) is 6.94. The Hall–Kier alpha value is -2.50. The van der Waals surface area contributed by atoms with Crippen LogP contribution in [0.1, 0.15) is 27.2 Å². The number of para-hydroxylation sites is 1. The number of pyridine rings is 1. The highest BCUT2D eigenvalue weighted by atomic mass is 32.1. The molecule has 0 saturated carbocycles.